The number of hydrogen-bond donors (Lipinski definition) is 0. The van der Waals surface area contributed by atoms with Crippen LogP contribution in [0.3, 0.4) is 0 Å². The second-order valence-electron chi connectivity index (χ2n) is 9.16. The van der Waals surface area contributed by atoms with Crippen molar-refractivity contribution in [3.8, 4) is 17.4 Å². The Morgan fingerprint density at radius 3 is 1.79 bits per heavy atom. The molecule has 0 aliphatic heterocycles. The van der Waals surface area contributed by atoms with Crippen molar-refractivity contribution >= 4 is 49.3 Å². The molecule has 39 heavy (non-hydrogen) atoms. The van der Waals surface area contributed by atoms with Crippen molar-refractivity contribution in [3.63, 3.8) is 0 Å². The molecule has 184 valence electrons. The molecule has 0 fully saturated rings. The fourth-order valence-electron chi connectivity index (χ4n) is 5.57. The van der Waals surface area contributed by atoms with E-state index in [1.165, 1.54) is 4.57 Å². The van der Waals surface area contributed by atoms with Gasteiger partial charge in [-0.15, -0.1) is 0 Å². The van der Waals surface area contributed by atoms with Crippen molar-refractivity contribution in [3.05, 3.63) is 125 Å². The minimum Gasteiger partial charge on any atom is -0.309 e. The number of nitrogens with zero attached hydrogens (tertiary/aromatic N) is 4. The molecule has 0 radical (unpaired) electrons. The first-order valence-electron chi connectivity index (χ1n) is 12.0. The van der Waals surface area contributed by atoms with Gasteiger partial charge in [-0.25, -0.2) is 18.0 Å². The summed E-state index contributed by atoms with van der Waals surface area (Å²) >= 11 is 0. The Hall–Kier alpha value is -5.53. The van der Waals surface area contributed by atoms with Gasteiger partial charge in [0.2, 0.25) is 0 Å². The molecule has 0 spiro atoms. The second kappa shape index (κ2) is 8.24. The molecule has 0 bridgehead atoms. The molecule has 0 atom stereocenters. The molecule has 2 aromatic heterocycles. The summed E-state index contributed by atoms with van der Waals surface area (Å²) in [5, 5.41) is 13.3. The lowest BCUT2D eigenvalue weighted by molar-refractivity contribution is 0.497. The number of nitriles is 1. The van der Waals surface area contributed by atoms with Gasteiger partial charge in [-0.05, 0) is 36.4 Å². The molecule has 4 nitrogen and oxygen atoms in total. The van der Waals surface area contributed by atoms with Crippen molar-refractivity contribution in [2.75, 3.05) is 0 Å². The largest absolute Gasteiger partial charge is 0.309 e. The fourth-order valence-corrected chi connectivity index (χ4v) is 5.57. The van der Waals surface area contributed by atoms with Crippen LogP contribution in [0.15, 0.2) is 91.0 Å². The van der Waals surface area contributed by atoms with Crippen LogP contribution >= 0.6 is 0 Å². The Morgan fingerprint density at radius 2 is 1.18 bits per heavy atom. The van der Waals surface area contributed by atoms with E-state index in [0.29, 0.717) is 11.0 Å². The first-order valence-corrected chi connectivity index (χ1v) is 12.0. The molecule has 0 amide bonds. The lowest BCUT2D eigenvalue weighted by atomic mass is 10.1. The van der Waals surface area contributed by atoms with Crippen molar-refractivity contribution in [1.29, 1.82) is 5.26 Å². The molecule has 0 unspecified atom stereocenters. The Balaban J connectivity index is 1.72. The van der Waals surface area contributed by atoms with Crippen molar-refractivity contribution in [2.45, 2.75) is 0 Å². The average Bonchev–Trinajstić information content (AvgIpc) is 3.46. The first kappa shape index (κ1) is 22.7. The summed E-state index contributed by atoms with van der Waals surface area (Å²) in [5.74, 6) is -4.46. The molecule has 7 heteroatoms. The zero-order chi connectivity index (χ0) is 26.8. The standard InChI is InChI=1S/C32H15F3N4/c1-37-31-28(33)23(17-36)32(30(35)29(31)34)39-25-14-8-6-12-20(25)22-15-21-19-11-5-7-13-24(19)38(26(21)16-27(22)39)18-9-3-2-4-10-18/h2-16H. The molecule has 0 aliphatic rings. The van der Waals surface area contributed by atoms with Gasteiger partial charge in [0.1, 0.15) is 17.3 Å². The Bertz CT molecular complexity index is 2230. The average molecular weight is 512 g/mol. The maximum absolute atomic E-state index is 15.7. The monoisotopic (exact) mass is 512 g/mol. The van der Waals surface area contributed by atoms with Crippen LogP contribution in [0.25, 0.3) is 59.8 Å². The van der Waals surface area contributed by atoms with Gasteiger partial charge in [0.15, 0.2) is 17.5 Å². The molecule has 7 aromatic rings. The van der Waals surface area contributed by atoms with Crippen LogP contribution in [0.1, 0.15) is 5.56 Å². The SMILES string of the molecule is [C-]#[N+]c1c(F)c(F)c(-n2c3ccccc3c3cc4c5ccccc5n(-c5ccccc5)c4cc32)c(C#N)c1F. The highest BCUT2D eigenvalue weighted by molar-refractivity contribution is 6.19. The summed E-state index contributed by atoms with van der Waals surface area (Å²) in [7, 11) is 0. The molecule has 5 aromatic carbocycles. The summed E-state index contributed by atoms with van der Waals surface area (Å²) in [6.45, 7) is 7.11. The number of fused-ring (bicyclic) bond motifs is 6. The number of rotatable bonds is 2. The van der Waals surface area contributed by atoms with Crippen LogP contribution in [0.4, 0.5) is 18.9 Å². The van der Waals surface area contributed by atoms with Crippen molar-refractivity contribution in [2.24, 2.45) is 0 Å². The normalized spacial score (nSPS) is 11.4. The minimum atomic E-state index is -1.62. The summed E-state index contributed by atoms with van der Waals surface area (Å²) in [5.41, 5.74) is 1.18. The van der Waals surface area contributed by atoms with E-state index in [1.807, 2.05) is 78.9 Å². The smallest absolute Gasteiger partial charge is 0.261 e. The summed E-state index contributed by atoms with van der Waals surface area (Å²) in [6.07, 6.45) is 0. The van der Waals surface area contributed by atoms with Gasteiger partial charge in [0.05, 0.1) is 28.6 Å². The Labute approximate surface area is 219 Å². The van der Waals surface area contributed by atoms with Crippen LogP contribution in [-0.4, -0.2) is 9.13 Å². The maximum atomic E-state index is 15.7. The number of halogens is 3. The van der Waals surface area contributed by atoms with E-state index in [0.717, 1.165) is 38.3 Å². The van der Waals surface area contributed by atoms with Gasteiger partial charge < -0.3 is 9.13 Å². The lowest BCUT2D eigenvalue weighted by Crippen LogP contribution is -2.07. The Kier molecular flexibility index (Phi) is 4.79. The highest BCUT2D eigenvalue weighted by Crippen LogP contribution is 2.42. The van der Waals surface area contributed by atoms with Crippen LogP contribution in [0.2, 0.25) is 0 Å². The molecule has 0 saturated carbocycles. The van der Waals surface area contributed by atoms with E-state index in [-0.39, 0.29) is 0 Å². The summed E-state index contributed by atoms with van der Waals surface area (Å²) < 4.78 is 49.3. The van der Waals surface area contributed by atoms with Gasteiger partial charge >= 0.3 is 0 Å². The Morgan fingerprint density at radius 1 is 0.615 bits per heavy atom. The van der Waals surface area contributed by atoms with E-state index in [9.17, 15) is 9.65 Å². The van der Waals surface area contributed by atoms with Gasteiger partial charge in [-0.3, -0.25) is 0 Å². The van der Waals surface area contributed by atoms with Gasteiger partial charge in [-0.1, -0.05) is 54.6 Å². The number of para-hydroxylation sites is 3. The molecule has 0 N–H and O–H groups in total. The number of aromatic nitrogens is 2. The minimum absolute atomic E-state index is 0.466. The summed E-state index contributed by atoms with van der Waals surface area (Å²) in [6, 6.07) is 30.4. The number of hydrogen-bond acceptors (Lipinski definition) is 1. The third-order valence-electron chi connectivity index (χ3n) is 7.20. The summed E-state index contributed by atoms with van der Waals surface area (Å²) in [4.78, 5) is 2.79. The van der Waals surface area contributed by atoms with E-state index < -0.39 is 34.4 Å². The van der Waals surface area contributed by atoms with Gasteiger partial charge in [-0.2, -0.15) is 5.26 Å². The van der Waals surface area contributed by atoms with Crippen molar-refractivity contribution in [1.82, 2.24) is 9.13 Å². The van der Waals surface area contributed by atoms with E-state index in [4.69, 9.17) is 6.57 Å². The highest BCUT2D eigenvalue weighted by Gasteiger charge is 2.29. The van der Waals surface area contributed by atoms with Crippen LogP contribution in [0, 0.1) is 35.4 Å². The van der Waals surface area contributed by atoms with E-state index >= 15 is 8.78 Å². The molecule has 7 rings (SSSR count). The van der Waals surface area contributed by atoms with Gasteiger partial charge in [0.25, 0.3) is 5.69 Å². The molecule has 2 heterocycles. The number of benzene rings is 5. The third-order valence-corrected chi connectivity index (χ3v) is 7.20. The molecule has 0 aliphatic carbocycles. The predicted molar refractivity (Wildman–Crippen MR) is 146 cm³/mol. The molecular formula is C32H15F3N4. The lowest BCUT2D eigenvalue weighted by Gasteiger charge is -2.14. The quantitative estimate of drug-likeness (QED) is 0.169. The molecule has 0 saturated heterocycles. The highest BCUT2D eigenvalue weighted by atomic mass is 19.2. The third kappa shape index (κ3) is 2.99. The van der Waals surface area contributed by atoms with Gasteiger partial charge in [0, 0.05) is 27.2 Å². The maximum Gasteiger partial charge on any atom is 0.261 e. The van der Waals surface area contributed by atoms with E-state index in [2.05, 4.69) is 9.41 Å². The first-order chi connectivity index (χ1) is 19.0. The molecular weight excluding hydrogens is 497 g/mol. The fraction of sp³-hybridized carbons (Fsp3) is 0. The van der Waals surface area contributed by atoms with E-state index in [1.54, 1.807) is 18.2 Å². The zero-order valence-electron chi connectivity index (χ0n) is 20.1. The zero-order valence-corrected chi connectivity index (χ0v) is 20.1. The van der Waals surface area contributed by atoms with Crippen LogP contribution < -0.4 is 0 Å². The van der Waals surface area contributed by atoms with Crippen LogP contribution in [0.5, 0.6) is 0 Å². The topological polar surface area (TPSA) is 38.0 Å². The second-order valence-corrected chi connectivity index (χ2v) is 9.16. The van der Waals surface area contributed by atoms with Crippen molar-refractivity contribution < 1.29 is 13.2 Å². The predicted octanol–water partition coefficient (Wildman–Crippen LogP) is 8.72. The van der Waals surface area contributed by atoms with Crippen LogP contribution in [-0.2, 0) is 0 Å².